The zero-order valence-electron chi connectivity index (χ0n) is 14.9. The lowest BCUT2D eigenvalue weighted by Crippen LogP contribution is -1.91. The van der Waals surface area contributed by atoms with E-state index in [0.29, 0.717) is 6.42 Å². The Balaban J connectivity index is 3.51. The maximum absolute atomic E-state index is 10.3. The number of hydrogen-bond acceptors (Lipinski definition) is 1. The third kappa shape index (κ3) is 19.9. The Kier molecular flexibility index (Phi) is 17.3. The van der Waals surface area contributed by atoms with Crippen LogP contribution in [0, 0.1) is 0 Å². The first kappa shape index (κ1) is 21.9. The van der Waals surface area contributed by atoms with Crippen LogP contribution >= 0.6 is 0 Å². The molecule has 0 aliphatic carbocycles. The minimum absolute atomic E-state index is 0.210. The Morgan fingerprint density at radius 2 is 0.958 bits per heavy atom. The molecule has 0 aromatic rings. The van der Waals surface area contributed by atoms with Gasteiger partial charge in [0.2, 0.25) is 0 Å². The van der Waals surface area contributed by atoms with Gasteiger partial charge in [0.25, 0.3) is 0 Å². The van der Waals surface area contributed by atoms with Crippen LogP contribution in [0.5, 0.6) is 0 Å². The van der Waals surface area contributed by atoms with Crippen molar-refractivity contribution in [3.05, 3.63) is 72.9 Å². The Bertz CT molecular complexity index is 462. The van der Waals surface area contributed by atoms with Gasteiger partial charge >= 0.3 is 5.97 Å². The molecule has 1 N–H and O–H groups in total. The molecule has 0 amide bonds. The Hall–Kier alpha value is -2.09. The molecule has 0 aliphatic heterocycles. The first-order valence-corrected chi connectivity index (χ1v) is 8.89. The minimum Gasteiger partial charge on any atom is -0.481 e. The van der Waals surface area contributed by atoms with Gasteiger partial charge in [-0.1, -0.05) is 79.8 Å². The van der Waals surface area contributed by atoms with Crippen molar-refractivity contribution in [3.8, 4) is 0 Å². The lowest BCUT2D eigenvalue weighted by Gasteiger charge is -1.87. The molecule has 0 saturated carbocycles. The molecule has 0 aromatic carbocycles. The third-order valence-electron chi connectivity index (χ3n) is 3.12. The van der Waals surface area contributed by atoms with Gasteiger partial charge in [0.1, 0.15) is 0 Å². The van der Waals surface area contributed by atoms with Gasteiger partial charge in [0.15, 0.2) is 0 Å². The molecule has 0 rings (SSSR count). The van der Waals surface area contributed by atoms with E-state index in [9.17, 15) is 4.79 Å². The van der Waals surface area contributed by atoms with E-state index in [-0.39, 0.29) is 6.42 Å². The molecule has 0 heterocycles. The average molecular weight is 328 g/mol. The molecule has 0 saturated heterocycles. The monoisotopic (exact) mass is 328 g/mol. The maximum atomic E-state index is 10.3. The lowest BCUT2D eigenvalue weighted by atomic mass is 10.2. The zero-order valence-corrected chi connectivity index (χ0v) is 14.9. The van der Waals surface area contributed by atoms with Crippen LogP contribution < -0.4 is 0 Å². The topological polar surface area (TPSA) is 37.3 Å². The third-order valence-corrected chi connectivity index (χ3v) is 3.12. The first-order valence-electron chi connectivity index (χ1n) is 8.89. The van der Waals surface area contributed by atoms with Crippen molar-refractivity contribution in [1.82, 2.24) is 0 Å². The summed E-state index contributed by atoms with van der Waals surface area (Å²) in [6, 6.07) is 0. The molecule has 132 valence electrons. The summed E-state index contributed by atoms with van der Waals surface area (Å²) in [7, 11) is 0. The van der Waals surface area contributed by atoms with Crippen molar-refractivity contribution in [1.29, 1.82) is 0 Å². The van der Waals surface area contributed by atoms with Gasteiger partial charge < -0.3 is 5.11 Å². The van der Waals surface area contributed by atoms with Crippen LogP contribution in [0.15, 0.2) is 72.9 Å². The van der Waals surface area contributed by atoms with Crippen LogP contribution in [0.4, 0.5) is 0 Å². The van der Waals surface area contributed by atoms with E-state index in [1.54, 1.807) is 0 Å². The predicted molar refractivity (Wildman–Crippen MR) is 105 cm³/mol. The largest absolute Gasteiger partial charge is 0.481 e. The van der Waals surface area contributed by atoms with Crippen LogP contribution in [0.25, 0.3) is 0 Å². The van der Waals surface area contributed by atoms with Crippen LogP contribution in [-0.4, -0.2) is 11.1 Å². The van der Waals surface area contributed by atoms with Crippen LogP contribution in [-0.2, 0) is 4.79 Å². The Morgan fingerprint density at radius 3 is 1.29 bits per heavy atom. The highest BCUT2D eigenvalue weighted by molar-refractivity contribution is 5.66. The molecule has 2 nitrogen and oxygen atoms in total. The number of aliphatic carboxylic acids is 1. The van der Waals surface area contributed by atoms with Gasteiger partial charge in [0, 0.05) is 6.42 Å². The molecule has 0 radical (unpaired) electrons. The first-order chi connectivity index (χ1) is 11.8. The van der Waals surface area contributed by atoms with Crippen molar-refractivity contribution in [2.45, 2.75) is 58.3 Å². The number of carboxylic acid groups (broad SMARTS) is 1. The summed E-state index contributed by atoms with van der Waals surface area (Å²) in [6.45, 7) is 2.15. The fourth-order valence-corrected chi connectivity index (χ4v) is 1.85. The molecule has 0 bridgehead atoms. The molecular formula is C22H32O2. The molecular weight excluding hydrogens is 296 g/mol. The molecule has 0 spiro atoms. The molecule has 2 heteroatoms. The lowest BCUT2D eigenvalue weighted by molar-refractivity contribution is -0.136. The molecule has 0 fully saturated rings. The van der Waals surface area contributed by atoms with E-state index >= 15 is 0 Å². The fraction of sp³-hybridized carbons (Fsp3) is 0.409. The number of hydrogen-bond donors (Lipinski definition) is 1. The highest BCUT2D eigenvalue weighted by Gasteiger charge is 1.90. The van der Waals surface area contributed by atoms with Gasteiger partial charge in [-0.05, 0) is 44.9 Å². The van der Waals surface area contributed by atoms with Gasteiger partial charge in [0.05, 0.1) is 0 Å². The molecule has 0 atom stereocenters. The molecule has 24 heavy (non-hydrogen) atoms. The highest BCUT2D eigenvalue weighted by atomic mass is 16.4. The van der Waals surface area contributed by atoms with Crippen LogP contribution in [0.1, 0.15) is 58.3 Å². The quantitative estimate of drug-likeness (QED) is 0.367. The van der Waals surface area contributed by atoms with E-state index in [1.165, 1.54) is 0 Å². The summed E-state index contributed by atoms with van der Waals surface area (Å²) >= 11 is 0. The summed E-state index contributed by atoms with van der Waals surface area (Å²) in [5, 5.41) is 8.49. The normalized spacial score (nSPS) is 13.0. The second-order valence-electron chi connectivity index (χ2n) is 5.35. The van der Waals surface area contributed by atoms with Gasteiger partial charge in [-0.25, -0.2) is 0 Å². The van der Waals surface area contributed by atoms with Gasteiger partial charge in [-0.2, -0.15) is 0 Å². The van der Waals surface area contributed by atoms with E-state index in [2.05, 4.69) is 67.7 Å². The number of allylic oxidation sites excluding steroid dienone is 12. The summed E-state index contributed by atoms with van der Waals surface area (Å²) in [4.78, 5) is 10.3. The fourth-order valence-electron chi connectivity index (χ4n) is 1.85. The van der Waals surface area contributed by atoms with E-state index in [0.717, 1.165) is 38.5 Å². The van der Waals surface area contributed by atoms with Gasteiger partial charge in [-0.15, -0.1) is 0 Å². The summed E-state index contributed by atoms with van der Waals surface area (Å²) in [5.41, 5.74) is 0. The average Bonchev–Trinajstić information content (AvgIpc) is 2.56. The number of rotatable bonds is 14. The molecule has 0 aliphatic rings. The van der Waals surface area contributed by atoms with Crippen molar-refractivity contribution >= 4 is 5.97 Å². The van der Waals surface area contributed by atoms with E-state index in [1.807, 2.05) is 12.2 Å². The van der Waals surface area contributed by atoms with E-state index < -0.39 is 5.97 Å². The smallest absolute Gasteiger partial charge is 0.303 e. The Morgan fingerprint density at radius 1 is 0.625 bits per heavy atom. The van der Waals surface area contributed by atoms with E-state index in [4.69, 9.17) is 5.11 Å². The second-order valence-corrected chi connectivity index (χ2v) is 5.35. The highest BCUT2D eigenvalue weighted by Crippen LogP contribution is 1.97. The molecule has 0 unspecified atom stereocenters. The number of carboxylic acids is 1. The predicted octanol–water partition coefficient (Wildman–Crippen LogP) is 6.55. The van der Waals surface area contributed by atoms with Crippen molar-refractivity contribution < 1.29 is 9.90 Å². The summed E-state index contributed by atoms with van der Waals surface area (Å²) < 4.78 is 0. The molecule has 0 aromatic heterocycles. The SMILES string of the molecule is CC/C=C/C/C=C\C/C=C\C/C=C/C/C=C/C/C=C/CCC(=O)O. The maximum Gasteiger partial charge on any atom is 0.303 e. The second kappa shape index (κ2) is 19.0. The summed E-state index contributed by atoms with van der Waals surface area (Å²) in [6.07, 6.45) is 32.5. The standard InChI is InChI=1S/C22H32O2/c1-2-3-4-5-6-7-8-9-10-11-12-13-14-15-16-17-18-19-20-21-22(23)24/h3-4,6-7,9-10,12-13,15-16,18-19H,2,5,8,11,14,17,20-21H2,1H3,(H,23,24)/b4-3+,7-6-,10-9-,13-12+,16-15+,19-18+. The Labute approximate surface area is 147 Å². The van der Waals surface area contributed by atoms with Gasteiger partial charge in [-0.3, -0.25) is 4.79 Å². The number of carbonyl (C=O) groups is 1. The zero-order chi connectivity index (χ0) is 17.7. The van der Waals surface area contributed by atoms with Crippen molar-refractivity contribution in [2.75, 3.05) is 0 Å². The van der Waals surface area contributed by atoms with Crippen molar-refractivity contribution in [2.24, 2.45) is 0 Å². The van der Waals surface area contributed by atoms with Crippen LogP contribution in [0.3, 0.4) is 0 Å². The summed E-state index contributed by atoms with van der Waals surface area (Å²) in [5.74, 6) is -0.741. The minimum atomic E-state index is -0.741. The van der Waals surface area contributed by atoms with Crippen molar-refractivity contribution in [3.63, 3.8) is 0 Å². The van der Waals surface area contributed by atoms with Crippen LogP contribution in [0.2, 0.25) is 0 Å².